The lowest BCUT2D eigenvalue weighted by molar-refractivity contribution is 0.0568. The Kier molecular flexibility index (Phi) is 6.79. The van der Waals surface area contributed by atoms with Crippen LogP contribution in [0, 0.1) is 5.82 Å². The molecule has 2 heterocycles. The van der Waals surface area contributed by atoms with Crippen molar-refractivity contribution >= 4 is 10.0 Å². The summed E-state index contributed by atoms with van der Waals surface area (Å²) in [6.07, 6.45) is 3.32. The average molecular weight is 449 g/mol. The topological polar surface area (TPSA) is 59.1 Å². The molecule has 6 nitrogen and oxygen atoms in total. The molecule has 4 rings (SSSR count). The Hall–Kier alpha value is -2.16. The van der Waals surface area contributed by atoms with E-state index in [9.17, 15) is 12.8 Å². The van der Waals surface area contributed by atoms with Gasteiger partial charge in [0, 0.05) is 38.3 Å². The monoisotopic (exact) mass is 448 g/mol. The fraction of sp³-hybridized carbons (Fsp3) is 0.478. The van der Waals surface area contributed by atoms with Gasteiger partial charge in [-0.2, -0.15) is 4.31 Å². The Balaban J connectivity index is 1.29. The second-order valence-corrected chi connectivity index (χ2v) is 10.0. The van der Waals surface area contributed by atoms with Gasteiger partial charge in [0.15, 0.2) is 11.6 Å². The fourth-order valence-electron chi connectivity index (χ4n) is 4.44. The number of rotatable bonds is 6. The van der Waals surface area contributed by atoms with Crippen LogP contribution in [0.4, 0.5) is 4.39 Å². The van der Waals surface area contributed by atoms with Crippen LogP contribution in [0.3, 0.4) is 0 Å². The van der Waals surface area contributed by atoms with Crippen LogP contribution in [0.2, 0.25) is 0 Å². The van der Waals surface area contributed by atoms with E-state index >= 15 is 0 Å². The number of benzene rings is 2. The van der Waals surface area contributed by atoms with Gasteiger partial charge < -0.3 is 14.4 Å². The Morgan fingerprint density at radius 1 is 0.935 bits per heavy atom. The minimum Gasteiger partial charge on any atom is -0.497 e. The van der Waals surface area contributed by atoms with Crippen LogP contribution in [0.1, 0.15) is 25.7 Å². The van der Waals surface area contributed by atoms with E-state index < -0.39 is 10.0 Å². The summed E-state index contributed by atoms with van der Waals surface area (Å²) in [5, 5.41) is 0. The van der Waals surface area contributed by atoms with Gasteiger partial charge >= 0.3 is 0 Å². The highest BCUT2D eigenvalue weighted by Gasteiger charge is 2.33. The largest absolute Gasteiger partial charge is 0.497 e. The van der Waals surface area contributed by atoms with Crippen molar-refractivity contribution in [2.45, 2.75) is 42.7 Å². The first kappa shape index (κ1) is 22.0. The van der Waals surface area contributed by atoms with Gasteiger partial charge in [-0.1, -0.05) is 18.2 Å². The molecule has 0 amide bonds. The first-order valence-electron chi connectivity index (χ1n) is 10.8. The molecular weight excluding hydrogens is 419 g/mol. The molecular formula is C23H29FN2O4S. The lowest BCUT2D eigenvalue weighted by Gasteiger charge is -2.41. The standard InChI is InChI=1S/C23H29FN2O4S/c1-29-20-5-4-6-21(17-20)31(27,28)26-15-9-18(10-16-26)25-13-11-19(12-14-25)30-23-8-3-2-7-22(23)24/h2-8,17-19H,9-16H2,1H3. The lowest BCUT2D eigenvalue weighted by atomic mass is 10.00. The number of para-hydroxylation sites is 1. The molecule has 0 aliphatic carbocycles. The second-order valence-electron chi connectivity index (χ2n) is 8.10. The molecule has 0 aromatic heterocycles. The number of methoxy groups -OCH3 is 1. The zero-order valence-electron chi connectivity index (χ0n) is 17.7. The van der Waals surface area contributed by atoms with E-state index in [2.05, 4.69) is 4.90 Å². The predicted molar refractivity (Wildman–Crippen MR) is 116 cm³/mol. The molecule has 2 aliphatic rings. The van der Waals surface area contributed by atoms with Crippen LogP contribution in [-0.4, -0.2) is 63.1 Å². The zero-order chi connectivity index (χ0) is 21.8. The molecule has 2 fully saturated rings. The zero-order valence-corrected chi connectivity index (χ0v) is 18.6. The van der Waals surface area contributed by atoms with Crippen molar-refractivity contribution < 1.29 is 22.3 Å². The van der Waals surface area contributed by atoms with E-state index in [-0.39, 0.29) is 16.8 Å². The van der Waals surface area contributed by atoms with Crippen molar-refractivity contribution in [1.82, 2.24) is 9.21 Å². The molecule has 31 heavy (non-hydrogen) atoms. The van der Waals surface area contributed by atoms with Gasteiger partial charge in [0.2, 0.25) is 10.0 Å². The van der Waals surface area contributed by atoms with Crippen LogP contribution >= 0.6 is 0 Å². The number of hydrogen-bond acceptors (Lipinski definition) is 5. The SMILES string of the molecule is COc1cccc(S(=O)(=O)N2CCC(N3CCC(Oc4ccccc4F)CC3)CC2)c1. The van der Waals surface area contributed by atoms with Crippen LogP contribution in [0.25, 0.3) is 0 Å². The number of halogens is 1. The highest BCUT2D eigenvalue weighted by atomic mass is 32.2. The molecule has 2 saturated heterocycles. The third-order valence-corrected chi connectivity index (χ3v) is 8.12. The molecule has 0 saturated carbocycles. The predicted octanol–water partition coefficient (Wildman–Crippen LogP) is 3.53. The quantitative estimate of drug-likeness (QED) is 0.677. The van der Waals surface area contributed by atoms with Gasteiger partial charge in [0.05, 0.1) is 12.0 Å². The number of piperidine rings is 2. The summed E-state index contributed by atoms with van der Waals surface area (Å²) in [6, 6.07) is 13.5. The number of hydrogen-bond donors (Lipinski definition) is 0. The highest BCUT2D eigenvalue weighted by Crippen LogP contribution is 2.28. The lowest BCUT2D eigenvalue weighted by Crippen LogP contribution is -2.50. The summed E-state index contributed by atoms with van der Waals surface area (Å²) in [5.41, 5.74) is 0. The number of nitrogens with zero attached hydrogens (tertiary/aromatic N) is 2. The number of likely N-dealkylation sites (tertiary alicyclic amines) is 1. The fourth-order valence-corrected chi connectivity index (χ4v) is 5.94. The van der Waals surface area contributed by atoms with Gasteiger partial charge in [0.25, 0.3) is 0 Å². The summed E-state index contributed by atoms with van der Waals surface area (Å²) >= 11 is 0. The number of ether oxygens (including phenoxy) is 2. The van der Waals surface area contributed by atoms with E-state index in [0.29, 0.717) is 30.6 Å². The Morgan fingerprint density at radius 3 is 2.32 bits per heavy atom. The van der Waals surface area contributed by atoms with E-state index in [1.165, 1.54) is 13.2 Å². The molecule has 0 spiro atoms. The molecule has 2 aromatic carbocycles. The van der Waals surface area contributed by atoms with E-state index in [1.807, 2.05) is 0 Å². The molecule has 0 N–H and O–H groups in total. The Morgan fingerprint density at radius 2 is 1.65 bits per heavy atom. The second kappa shape index (κ2) is 9.54. The van der Waals surface area contributed by atoms with Crippen LogP contribution in [-0.2, 0) is 10.0 Å². The van der Waals surface area contributed by atoms with E-state index in [0.717, 1.165) is 38.8 Å². The molecule has 8 heteroatoms. The summed E-state index contributed by atoms with van der Waals surface area (Å²) < 4.78 is 52.4. The van der Waals surface area contributed by atoms with Crippen molar-refractivity contribution in [3.63, 3.8) is 0 Å². The molecule has 0 unspecified atom stereocenters. The van der Waals surface area contributed by atoms with Gasteiger partial charge in [-0.25, -0.2) is 12.8 Å². The summed E-state index contributed by atoms with van der Waals surface area (Å²) in [5.74, 6) is 0.531. The van der Waals surface area contributed by atoms with Gasteiger partial charge in [-0.05, 0) is 49.9 Å². The maximum Gasteiger partial charge on any atom is 0.243 e. The minimum atomic E-state index is -3.52. The number of sulfonamides is 1. The van der Waals surface area contributed by atoms with E-state index in [4.69, 9.17) is 9.47 Å². The van der Waals surface area contributed by atoms with Crippen molar-refractivity contribution in [3.8, 4) is 11.5 Å². The summed E-state index contributed by atoms with van der Waals surface area (Å²) in [4.78, 5) is 2.70. The van der Waals surface area contributed by atoms with Crippen LogP contribution in [0.15, 0.2) is 53.4 Å². The Labute approximate surface area is 183 Å². The minimum absolute atomic E-state index is 0.0154. The first-order valence-corrected chi connectivity index (χ1v) is 12.2. The van der Waals surface area contributed by atoms with Crippen LogP contribution < -0.4 is 9.47 Å². The van der Waals surface area contributed by atoms with Crippen LogP contribution in [0.5, 0.6) is 11.5 Å². The molecule has 2 aromatic rings. The summed E-state index contributed by atoms with van der Waals surface area (Å²) in [7, 11) is -1.99. The van der Waals surface area contributed by atoms with Gasteiger partial charge in [0.1, 0.15) is 11.9 Å². The van der Waals surface area contributed by atoms with Crippen molar-refractivity contribution in [3.05, 3.63) is 54.3 Å². The van der Waals surface area contributed by atoms with Crippen molar-refractivity contribution in [2.24, 2.45) is 0 Å². The Bertz CT molecular complexity index is 985. The van der Waals surface area contributed by atoms with Gasteiger partial charge in [-0.3, -0.25) is 0 Å². The third-order valence-electron chi connectivity index (χ3n) is 6.23. The highest BCUT2D eigenvalue weighted by molar-refractivity contribution is 7.89. The first-order chi connectivity index (χ1) is 15.0. The average Bonchev–Trinajstić information content (AvgIpc) is 2.81. The maximum absolute atomic E-state index is 13.8. The molecule has 168 valence electrons. The summed E-state index contributed by atoms with van der Waals surface area (Å²) in [6.45, 7) is 2.78. The molecule has 0 bridgehead atoms. The van der Waals surface area contributed by atoms with Gasteiger partial charge in [-0.15, -0.1) is 0 Å². The molecule has 0 atom stereocenters. The maximum atomic E-state index is 13.8. The normalized spacial score (nSPS) is 19.9. The van der Waals surface area contributed by atoms with E-state index in [1.54, 1.807) is 46.8 Å². The molecule has 2 aliphatic heterocycles. The molecule has 0 radical (unpaired) electrons. The third kappa shape index (κ3) is 5.02. The smallest absolute Gasteiger partial charge is 0.243 e. The van der Waals surface area contributed by atoms with Crippen molar-refractivity contribution in [1.29, 1.82) is 0 Å². The van der Waals surface area contributed by atoms with Crippen molar-refractivity contribution in [2.75, 3.05) is 33.3 Å².